The first kappa shape index (κ1) is 10.2. The maximum atomic E-state index is 7.31. The smallest absolute Gasteiger partial charge is 0.233 e. The van der Waals surface area contributed by atoms with E-state index in [1.165, 1.54) is 12.8 Å². The van der Waals surface area contributed by atoms with Gasteiger partial charge in [-0.25, -0.2) is 4.98 Å². The summed E-state index contributed by atoms with van der Waals surface area (Å²) >= 11 is 6.00. The molecular weight excluding hydrogens is 214 g/mol. The SMILES string of the molecule is N=C(N)c1ccnc(OCC2CC2)c1Cl. The fourth-order valence-electron chi connectivity index (χ4n) is 1.21. The highest BCUT2D eigenvalue weighted by molar-refractivity contribution is 6.35. The second-order valence-corrected chi connectivity index (χ2v) is 4.02. The van der Waals surface area contributed by atoms with Gasteiger partial charge in [0.2, 0.25) is 5.88 Å². The van der Waals surface area contributed by atoms with Crippen molar-refractivity contribution in [3.63, 3.8) is 0 Å². The van der Waals surface area contributed by atoms with Crippen LogP contribution in [0.15, 0.2) is 12.3 Å². The predicted octanol–water partition coefficient (Wildman–Crippen LogP) is 1.81. The molecule has 0 amide bonds. The van der Waals surface area contributed by atoms with Gasteiger partial charge >= 0.3 is 0 Å². The van der Waals surface area contributed by atoms with E-state index in [0.29, 0.717) is 29.0 Å². The Kier molecular flexibility index (Phi) is 2.77. The maximum absolute atomic E-state index is 7.31. The Morgan fingerprint density at radius 1 is 1.67 bits per heavy atom. The van der Waals surface area contributed by atoms with Crippen LogP contribution in [0.4, 0.5) is 0 Å². The van der Waals surface area contributed by atoms with Crippen LogP contribution in [-0.2, 0) is 0 Å². The predicted molar refractivity (Wildman–Crippen MR) is 58.5 cm³/mol. The van der Waals surface area contributed by atoms with Crippen molar-refractivity contribution in [2.75, 3.05) is 6.61 Å². The highest BCUT2D eigenvalue weighted by Gasteiger charge is 2.23. The van der Waals surface area contributed by atoms with Crippen LogP contribution in [0.25, 0.3) is 0 Å². The van der Waals surface area contributed by atoms with Gasteiger partial charge in [-0.05, 0) is 24.8 Å². The number of aromatic nitrogens is 1. The van der Waals surface area contributed by atoms with Crippen LogP contribution in [0.3, 0.4) is 0 Å². The lowest BCUT2D eigenvalue weighted by Crippen LogP contribution is -2.13. The molecule has 1 fully saturated rings. The van der Waals surface area contributed by atoms with Crippen LogP contribution < -0.4 is 10.5 Å². The van der Waals surface area contributed by atoms with Crippen LogP contribution >= 0.6 is 11.6 Å². The van der Waals surface area contributed by atoms with E-state index in [0.717, 1.165) is 0 Å². The Hall–Kier alpha value is -1.29. The van der Waals surface area contributed by atoms with Crippen molar-refractivity contribution >= 4 is 17.4 Å². The van der Waals surface area contributed by atoms with E-state index in [4.69, 9.17) is 27.5 Å². The number of rotatable bonds is 4. The third kappa shape index (κ3) is 2.39. The van der Waals surface area contributed by atoms with Crippen molar-refractivity contribution in [3.8, 4) is 5.88 Å². The highest BCUT2D eigenvalue weighted by Crippen LogP contribution is 2.31. The Bertz CT molecular complexity index is 390. The molecule has 0 spiro atoms. The Morgan fingerprint density at radius 3 is 3.00 bits per heavy atom. The number of amidine groups is 1. The van der Waals surface area contributed by atoms with Crippen molar-refractivity contribution < 1.29 is 4.74 Å². The Labute approximate surface area is 92.9 Å². The number of hydrogen-bond donors (Lipinski definition) is 2. The van der Waals surface area contributed by atoms with E-state index in [9.17, 15) is 0 Å². The zero-order chi connectivity index (χ0) is 10.8. The lowest BCUT2D eigenvalue weighted by molar-refractivity contribution is 0.288. The standard InChI is InChI=1S/C10H12ClN3O/c11-8-7(9(12)13)3-4-14-10(8)15-5-6-1-2-6/h3-4,6H,1-2,5H2,(H3,12,13). The highest BCUT2D eigenvalue weighted by atomic mass is 35.5. The third-order valence-corrected chi connectivity index (χ3v) is 2.67. The molecule has 0 radical (unpaired) electrons. The van der Waals surface area contributed by atoms with Crippen LogP contribution in [0.5, 0.6) is 5.88 Å². The molecule has 0 aromatic carbocycles. The van der Waals surface area contributed by atoms with Gasteiger partial charge in [0.05, 0.1) is 6.61 Å². The summed E-state index contributed by atoms with van der Waals surface area (Å²) in [4.78, 5) is 4.01. The summed E-state index contributed by atoms with van der Waals surface area (Å²) in [6.45, 7) is 0.647. The van der Waals surface area contributed by atoms with Gasteiger partial charge in [0.1, 0.15) is 10.9 Å². The number of pyridine rings is 1. The first-order valence-corrected chi connectivity index (χ1v) is 5.18. The lowest BCUT2D eigenvalue weighted by Gasteiger charge is -2.08. The van der Waals surface area contributed by atoms with Crippen LogP contribution in [-0.4, -0.2) is 17.4 Å². The van der Waals surface area contributed by atoms with Crippen molar-refractivity contribution in [2.45, 2.75) is 12.8 Å². The van der Waals surface area contributed by atoms with E-state index in [-0.39, 0.29) is 5.84 Å². The van der Waals surface area contributed by atoms with Crippen molar-refractivity contribution in [1.29, 1.82) is 5.41 Å². The largest absolute Gasteiger partial charge is 0.476 e. The quantitative estimate of drug-likeness (QED) is 0.606. The molecule has 3 N–H and O–H groups in total. The van der Waals surface area contributed by atoms with Gasteiger partial charge in [0, 0.05) is 11.8 Å². The van der Waals surface area contributed by atoms with Crippen LogP contribution in [0.2, 0.25) is 5.02 Å². The summed E-state index contributed by atoms with van der Waals surface area (Å²) in [5.41, 5.74) is 5.84. The van der Waals surface area contributed by atoms with Gasteiger partial charge in [-0.3, -0.25) is 5.41 Å². The molecule has 1 heterocycles. The number of halogens is 1. The first-order valence-electron chi connectivity index (χ1n) is 4.80. The zero-order valence-corrected chi connectivity index (χ0v) is 8.92. The fraction of sp³-hybridized carbons (Fsp3) is 0.400. The van der Waals surface area contributed by atoms with Gasteiger partial charge < -0.3 is 10.5 Å². The molecule has 2 rings (SSSR count). The summed E-state index contributed by atoms with van der Waals surface area (Å²) in [5, 5.41) is 7.64. The molecule has 15 heavy (non-hydrogen) atoms. The molecule has 1 saturated carbocycles. The molecule has 1 aromatic rings. The van der Waals surface area contributed by atoms with Crippen LogP contribution in [0.1, 0.15) is 18.4 Å². The molecule has 1 aliphatic carbocycles. The summed E-state index contributed by atoms with van der Waals surface area (Å²) < 4.78 is 5.46. The molecule has 1 aliphatic rings. The normalized spacial score (nSPS) is 15.0. The van der Waals surface area contributed by atoms with E-state index in [1.807, 2.05) is 0 Å². The fourth-order valence-corrected chi connectivity index (χ4v) is 1.48. The lowest BCUT2D eigenvalue weighted by atomic mass is 10.2. The monoisotopic (exact) mass is 225 g/mol. The zero-order valence-electron chi connectivity index (χ0n) is 8.16. The second-order valence-electron chi connectivity index (χ2n) is 3.65. The average Bonchev–Trinajstić information content (AvgIpc) is 2.99. The van der Waals surface area contributed by atoms with Gasteiger partial charge in [0.25, 0.3) is 0 Å². The minimum Gasteiger partial charge on any atom is -0.476 e. The number of hydrogen-bond acceptors (Lipinski definition) is 3. The van der Waals surface area contributed by atoms with E-state index < -0.39 is 0 Å². The molecule has 1 aromatic heterocycles. The minimum absolute atomic E-state index is 0.0707. The average molecular weight is 226 g/mol. The van der Waals surface area contributed by atoms with E-state index in [2.05, 4.69) is 4.98 Å². The van der Waals surface area contributed by atoms with E-state index >= 15 is 0 Å². The number of nitrogen functional groups attached to an aromatic ring is 1. The molecule has 0 atom stereocenters. The number of nitrogens with zero attached hydrogens (tertiary/aromatic N) is 1. The van der Waals surface area contributed by atoms with Crippen molar-refractivity contribution in [1.82, 2.24) is 4.98 Å². The summed E-state index contributed by atoms with van der Waals surface area (Å²) in [7, 11) is 0. The summed E-state index contributed by atoms with van der Waals surface area (Å²) in [6, 6.07) is 1.61. The van der Waals surface area contributed by atoms with Crippen molar-refractivity contribution in [3.05, 3.63) is 22.8 Å². The van der Waals surface area contributed by atoms with Gasteiger partial charge in [0.15, 0.2) is 0 Å². The Balaban J connectivity index is 2.14. The van der Waals surface area contributed by atoms with Crippen molar-refractivity contribution in [2.24, 2.45) is 11.7 Å². The summed E-state index contributed by atoms with van der Waals surface area (Å²) in [5.74, 6) is 0.943. The van der Waals surface area contributed by atoms with E-state index in [1.54, 1.807) is 12.3 Å². The maximum Gasteiger partial charge on any atom is 0.233 e. The van der Waals surface area contributed by atoms with Crippen LogP contribution in [0, 0.1) is 11.3 Å². The Morgan fingerprint density at radius 2 is 2.40 bits per heavy atom. The molecule has 0 saturated heterocycles. The van der Waals surface area contributed by atoms with Gasteiger partial charge in [-0.15, -0.1) is 0 Å². The number of nitrogens with two attached hydrogens (primary N) is 1. The molecule has 80 valence electrons. The second kappa shape index (κ2) is 4.06. The molecule has 5 heteroatoms. The third-order valence-electron chi connectivity index (χ3n) is 2.30. The number of nitrogens with one attached hydrogen (secondary N) is 1. The summed E-state index contributed by atoms with van der Waals surface area (Å²) in [6.07, 6.45) is 3.97. The molecule has 0 bridgehead atoms. The first-order chi connectivity index (χ1) is 7.18. The molecule has 0 unspecified atom stereocenters. The topological polar surface area (TPSA) is 72.0 Å². The molecule has 4 nitrogen and oxygen atoms in total. The minimum atomic E-state index is -0.0707. The van der Waals surface area contributed by atoms with Gasteiger partial charge in [-0.1, -0.05) is 11.6 Å². The molecular formula is C10H12ClN3O. The molecule has 0 aliphatic heterocycles. The van der Waals surface area contributed by atoms with Gasteiger partial charge in [-0.2, -0.15) is 0 Å². The number of ether oxygens (including phenoxy) is 1.